The molecular weight excluding hydrogens is 202 g/mol. The summed E-state index contributed by atoms with van der Waals surface area (Å²) in [5.74, 6) is 1.07. The van der Waals surface area contributed by atoms with Gasteiger partial charge < -0.3 is 10.6 Å². The number of rotatable bonds is 2. The van der Waals surface area contributed by atoms with Crippen LogP contribution >= 0.6 is 0 Å². The molecule has 2 rings (SSSR count). The van der Waals surface area contributed by atoms with E-state index < -0.39 is 0 Å². The van der Waals surface area contributed by atoms with Gasteiger partial charge in [0.15, 0.2) is 0 Å². The predicted octanol–water partition coefficient (Wildman–Crippen LogP) is 0.580. The molecule has 0 amide bonds. The number of fused-ring (bicyclic) bond motifs is 1. The van der Waals surface area contributed by atoms with Gasteiger partial charge in [0.25, 0.3) is 5.56 Å². The SMILES string of the molecule is CN1CCCCn2c1c(CCN)ccc2=O. The summed E-state index contributed by atoms with van der Waals surface area (Å²) in [5.41, 5.74) is 6.90. The van der Waals surface area contributed by atoms with E-state index in [9.17, 15) is 4.79 Å². The first-order valence-corrected chi connectivity index (χ1v) is 5.88. The van der Waals surface area contributed by atoms with E-state index in [0.717, 1.165) is 38.2 Å². The van der Waals surface area contributed by atoms with E-state index in [0.29, 0.717) is 6.54 Å². The standard InChI is InChI=1S/C12H19N3O/c1-14-8-2-3-9-15-11(16)5-4-10(6-7-13)12(14)15/h4-5H,2-3,6-9,13H2,1H3. The minimum atomic E-state index is 0.101. The molecule has 4 heteroatoms. The van der Waals surface area contributed by atoms with Gasteiger partial charge in [-0.25, -0.2) is 0 Å². The van der Waals surface area contributed by atoms with Crippen LogP contribution in [-0.4, -0.2) is 24.7 Å². The number of nitrogens with zero attached hydrogens (tertiary/aromatic N) is 2. The fraction of sp³-hybridized carbons (Fsp3) is 0.583. The van der Waals surface area contributed by atoms with Crippen molar-refractivity contribution in [1.82, 2.24) is 4.57 Å². The molecular formula is C12H19N3O. The number of aromatic nitrogens is 1. The summed E-state index contributed by atoms with van der Waals surface area (Å²) < 4.78 is 1.89. The van der Waals surface area contributed by atoms with Crippen LogP contribution in [0.15, 0.2) is 16.9 Å². The predicted molar refractivity (Wildman–Crippen MR) is 66.0 cm³/mol. The highest BCUT2D eigenvalue weighted by atomic mass is 16.1. The first-order chi connectivity index (χ1) is 7.74. The van der Waals surface area contributed by atoms with Crippen molar-refractivity contribution in [2.45, 2.75) is 25.8 Å². The number of hydrogen-bond acceptors (Lipinski definition) is 3. The third-order valence-electron chi connectivity index (χ3n) is 3.14. The monoisotopic (exact) mass is 221 g/mol. The zero-order valence-corrected chi connectivity index (χ0v) is 9.78. The van der Waals surface area contributed by atoms with Gasteiger partial charge in [0, 0.05) is 26.2 Å². The summed E-state index contributed by atoms with van der Waals surface area (Å²) in [5, 5.41) is 0. The maximum absolute atomic E-state index is 11.8. The second-order valence-electron chi connectivity index (χ2n) is 4.34. The second-order valence-corrected chi connectivity index (χ2v) is 4.34. The van der Waals surface area contributed by atoms with E-state index in [1.54, 1.807) is 6.07 Å². The van der Waals surface area contributed by atoms with Crippen molar-refractivity contribution in [1.29, 1.82) is 0 Å². The molecule has 1 aromatic rings. The van der Waals surface area contributed by atoms with E-state index >= 15 is 0 Å². The Balaban J connectivity index is 2.54. The molecule has 0 aliphatic carbocycles. The molecule has 0 atom stereocenters. The Kier molecular flexibility index (Phi) is 3.29. The smallest absolute Gasteiger partial charge is 0.252 e. The van der Waals surface area contributed by atoms with Crippen LogP contribution in [0, 0.1) is 0 Å². The van der Waals surface area contributed by atoms with Gasteiger partial charge in [-0.05, 0) is 37.4 Å². The molecule has 0 fully saturated rings. The lowest BCUT2D eigenvalue weighted by atomic mass is 10.1. The van der Waals surface area contributed by atoms with Crippen molar-refractivity contribution in [3.63, 3.8) is 0 Å². The first kappa shape index (κ1) is 11.2. The lowest BCUT2D eigenvalue weighted by Gasteiger charge is -2.23. The first-order valence-electron chi connectivity index (χ1n) is 5.88. The lowest BCUT2D eigenvalue weighted by Crippen LogP contribution is -2.28. The summed E-state index contributed by atoms with van der Waals surface area (Å²) in [6.07, 6.45) is 3.04. The van der Waals surface area contributed by atoms with Crippen LogP contribution in [0.5, 0.6) is 0 Å². The highest BCUT2D eigenvalue weighted by Crippen LogP contribution is 2.21. The summed E-state index contributed by atoms with van der Waals surface area (Å²) in [4.78, 5) is 14.0. The summed E-state index contributed by atoms with van der Waals surface area (Å²) in [6, 6.07) is 3.58. The molecule has 1 aliphatic heterocycles. The number of anilines is 1. The van der Waals surface area contributed by atoms with Gasteiger partial charge in [-0.15, -0.1) is 0 Å². The Morgan fingerprint density at radius 2 is 2.06 bits per heavy atom. The topological polar surface area (TPSA) is 51.3 Å². The van der Waals surface area contributed by atoms with Gasteiger partial charge in [0.1, 0.15) is 5.82 Å². The van der Waals surface area contributed by atoms with Crippen molar-refractivity contribution < 1.29 is 0 Å². The normalized spacial score (nSPS) is 15.8. The van der Waals surface area contributed by atoms with Crippen LogP contribution in [-0.2, 0) is 13.0 Å². The van der Waals surface area contributed by atoms with Gasteiger partial charge >= 0.3 is 0 Å². The van der Waals surface area contributed by atoms with E-state index in [1.807, 2.05) is 10.6 Å². The van der Waals surface area contributed by atoms with Crippen LogP contribution in [0.1, 0.15) is 18.4 Å². The Labute approximate surface area is 95.7 Å². The number of hydrogen-bond donors (Lipinski definition) is 1. The second kappa shape index (κ2) is 4.70. The minimum Gasteiger partial charge on any atom is -0.361 e. The van der Waals surface area contributed by atoms with E-state index in [2.05, 4.69) is 11.9 Å². The lowest BCUT2D eigenvalue weighted by molar-refractivity contribution is 0.635. The maximum atomic E-state index is 11.8. The quantitative estimate of drug-likeness (QED) is 0.794. The van der Waals surface area contributed by atoms with Gasteiger partial charge in [-0.3, -0.25) is 9.36 Å². The molecule has 0 unspecified atom stereocenters. The fourth-order valence-electron chi connectivity index (χ4n) is 2.36. The zero-order chi connectivity index (χ0) is 11.5. The molecule has 0 saturated carbocycles. The van der Waals surface area contributed by atoms with E-state index in [4.69, 9.17) is 5.73 Å². The average Bonchev–Trinajstić information content (AvgIpc) is 2.46. The third kappa shape index (κ3) is 1.97. The Bertz CT molecular complexity index is 425. The fourth-order valence-corrected chi connectivity index (χ4v) is 2.36. The van der Waals surface area contributed by atoms with Crippen LogP contribution in [0.2, 0.25) is 0 Å². The molecule has 1 aromatic heterocycles. The van der Waals surface area contributed by atoms with Gasteiger partial charge in [-0.1, -0.05) is 0 Å². The van der Waals surface area contributed by atoms with Crippen LogP contribution in [0.25, 0.3) is 0 Å². The van der Waals surface area contributed by atoms with Crippen LogP contribution in [0.3, 0.4) is 0 Å². The van der Waals surface area contributed by atoms with Crippen molar-refractivity contribution in [3.05, 3.63) is 28.0 Å². The Hall–Kier alpha value is -1.29. The molecule has 2 N–H and O–H groups in total. The molecule has 4 nitrogen and oxygen atoms in total. The van der Waals surface area contributed by atoms with Crippen molar-refractivity contribution in [3.8, 4) is 0 Å². The molecule has 16 heavy (non-hydrogen) atoms. The molecule has 88 valence electrons. The average molecular weight is 221 g/mol. The van der Waals surface area contributed by atoms with Crippen LogP contribution < -0.4 is 16.2 Å². The molecule has 0 bridgehead atoms. The number of nitrogens with two attached hydrogens (primary N) is 1. The van der Waals surface area contributed by atoms with Crippen molar-refractivity contribution in [2.24, 2.45) is 5.73 Å². The molecule has 0 saturated heterocycles. The molecule has 1 aliphatic rings. The summed E-state index contributed by atoms with van der Waals surface area (Å²) >= 11 is 0. The molecule has 0 aromatic carbocycles. The van der Waals surface area contributed by atoms with Gasteiger partial charge in [-0.2, -0.15) is 0 Å². The molecule has 2 heterocycles. The highest BCUT2D eigenvalue weighted by molar-refractivity contribution is 5.48. The van der Waals surface area contributed by atoms with Crippen LogP contribution in [0.4, 0.5) is 5.82 Å². The van der Waals surface area contributed by atoms with Crippen molar-refractivity contribution in [2.75, 3.05) is 25.0 Å². The highest BCUT2D eigenvalue weighted by Gasteiger charge is 2.16. The van der Waals surface area contributed by atoms with Crippen molar-refractivity contribution >= 4 is 5.82 Å². The van der Waals surface area contributed by atoms with E-state index in [-0.39, 0.29) is 5.56 Å². The van der Waals surface area contributed by atoms with Gasteiger partial charge in [0.05, 0.1) is 0 Å². The summed E-state index contributed by atoms with van der Waals surface area (Å²) in [7, 11) is 2.05. The van der Waals surface area contributed by atoms with Gasteiger partial charge in [0.2, 0.25) is 0 Å². The summed E-state index contributed by atoms with van der Waals surface area (Å²) in [6.45, 7) is 2.47. The largest absolute Gasteiger partial charge is 0.361 e. The Morgan fingerprint density at radius 1 is 1.31 bits per heavy atom. The van der Waals surface area contributed by atoms with E-state index in [1.165, 1.54) is 5.56 Å². The molecule has 0 radical (unpaired) electrons. The molecule has 0 spiro atoms. The maximum Gasteiger partial charge on any atom is 0.252 e. The third-order valence-corrected chi connectivity index (χ3v) is 3.14. The minimum absolute atomic E-state index is 0.101. The number of pyridine rings is 1. The Morgan fingerprint density at radius 3 is 2.81 bits per heavy atom. The zero-order valence-electron chi connectivity index (χ0n) is 9.78.